The molecule has 1 amide bonds. The molecule has 2 fully saturated rings. The molecular formula is C28H38N2O2. The molecule has 172 valence electrons. The second-order valence-corrected chi connectivity index (χ2v) is 10.1. The molecule has 4 rings (SSSR count). The van der Waals surface area contributed by atoms with Crippen molar-refractivity contribution in [1.82, 2.24) is 10.2 Å². The predicted octanol–water partition coefficient (Wildman–Crippen LogP) is 4.77. The third kappa shape index (κ3) is 5.60. The van der Waals surface area contributed by atoms with Gasteiger partial charge in [-0.2, -0.15) is 0 Å². The van der Waals surface area contributed by atoms with Gasteiger partial charge in [-0.05, 0) is 82.2 Å². The minimum absolute atomic E-state index is 0.214. The molecule has 0 aliphatic carbocycles. The number of hydrogen-bond acceptors (Lipinski definition) is 3. The summed E-state index contributed by atoms with van der Waals surface area (Å²) in [4.78, 5) is 15.9. The summed E-state index contributed by atoms with van der Waals surface area (Å²) >= 11 is 0. The number of likely N-dealkylation sites (tertiary alicyclic amines) is 1. The maximum Gasteiger partial charge on any atom is 0.226 e. The molecule has 0 aromatic heterocycles. The number of carbonyl (C=O) groups excluding carboxylic acids is 1. The molecule has 0 bridgehead atoms. The largest absolute Gasteiger partial charge is 0.381 e. The number of amides is 1. The lowest BCUT2D eigenvalue weighted by Crippen LogP contribution is -2.48. The molecule has 4 nitrogen and oxygen atoms in total. The fourth-order valence-electron chi connectivity index (χ4n) is 5.50. The second kappa shape index (κ2) is 10.2. The van der Waals surface area contributed by atoms with Gasteiger partial charge in [0.05, 0.1) is 5.41 Å². The van der Waals surface area contributed by atoms with Gasteiger partial charge in [0.1, 0.15) is 0 Å². The lowest BCUT2D eigenvalue weighted by molar-refractivity contribution is -0.137. The lowest BCUT2D eigenvalue weighted by atomic mass is 9.74. The molecular weight excluding hydrogens is 396 g/mol. The van der Waals surface area contributed by atoms with Crippen LogP contribution in [0.3, 0.4) is 0 Å². The van der Waals surface area contributed by atoms with Gasteiger partial charge in [-0.15, -0.1) is 0 Å². The number of ether oxygens (including phenoxy) is 1. The van der Waals surface area contributed by atoms with Gasteiger partial charge >= 0.3 is 0 Å². The van der Waals surface area contributed by atoms with E-state index in [-0.39, 0.29) is 11.3 Å². The van der Waals surface area contributed by atoms with E-state index < -0.39 is 0 Å². The van der Waals surface area contributed by atoms with Gasteiger partial charge in [0.2, 0.25) is 5.91 Å². The molecule has 2 aliphatic rings. The second-order valence-electron chi connectivity index (χ2n) is 10.1. The third-order valence-corrected chi connectivity index (χ3v) is 7.23. The Morgan fingerprint density at radius 2 is 1.84 bits per heavy atom. The van der Waals surface area contributed by atoms with Crippen LogP contribution in [0.1, 0.15) is 42.4 Å². The topological polar surface area (TPSA) is 41.6 Å². The zero-order valence-electron chi connectivity index (χ0n) is 20.0. The Morgan fingerprint density at radius 1 is 1.09 bits per heavy atom. The van der Waals surface area contributed by atoms with Crippen LogP contribution >= 0.6 is 0 Å². The zero-order chi connectivity index (χ0) is 22.6. The fraction of sp³-hybridized carbons (Fsp3) is 0.536. The summed E-state index contributed by atoms with van der Waals surface area (Å²) in [7, 11) is 2.18. The monoisotopic (exact) mass is 434 g/mol. The Bertz CT molecular complexity index is 913. The molecule has 2 saturated heterocycles. The highest BCUT2D eigenvalue weighted by Gasteiger charge is 2.40. The van der Waals surface area contributed by atoms with Gasteiger partial charge in [0.25, 0.3) is 0 Å². The Morgan fingerprint density at radius 3 is 2.56 bits per heavy atom. The number of benzene rings is 2. The van der Waals surface area contributed by atoms with E-state index in [1.807, 2.05) is 0 Å². The first-order valence-corrected chi connectivity index (χ1v) is 12.2. The lowest BCUT2D eigenvalue weighted by Gasteiger charge is -2.37. The SMILES string of the molecule is Cc1cc(C)cc(-c2cccc(CC3(C(=O)NC[C@H]4CCCN(C)C4)CCOCC3)c2)c1. The van der Waals surface area contributed by atoms with Crippen molar-refractivity contribution in [1.29, 1.82) is 0 Å². The van der Waals surface area contributed by atoms with E-state index in [0.29, 0.717) is 19.1 Å². The number of nitrogens with zero attached hydrogens (tertiary/aromatic N) is 1. The van der Waals surface area contributed by atoms with Crippen LogP contribution in [0.4, 0.5) is 0 Å². The Hall–Kier alpha value is -2.17. The standard InChI is InChI=1S/C28H38N2O2/c1-21-14-22(2)16-26(15-21)25-8-4-6-23(17-25)18-28(9-12-32-13-10-28)27(31)29-19-24-7-5-11-30(3)20-24/h4,6,8,14-17,24H,5,7,9-13,18-20H2,1-3H3,(H,29,31)/t24-/m1/s1. The predicted molar refractivity (Wildman–Crippen MR) is 131 cm³/mol. The van der Waals surface area contributed by atoms with E-state index in [1.54, 1.807) is 0 Å². The van der Waals surface area contributed by atoms with Crippen molar-refractivity contribution in [2.24, 2.45) is 11.3 Å². The molecule has 2 aromatic carbocycles. The zero-order valence-corrected chi connectivity index (χ0v) is 20.0. The summed E-state index contributed by atoms with van der Waals surface area (Å²) in [5, 5.41) is 3.34. The van der Waals surface area contributed by atoms with Crippen molar-refractivity contribution < 1.29 is 9.53 Å². The van der Waals surface area contributed by atoms with Crippen molar-refractivity contribution in [3.63, 3.8) is 0 Å². The van der Waals surface area contributed by atoms with Crippen molar-refractivity contribution in [3.8, 4) is 11.1 Å². The highest BCUT2D eigenvalue weighted by Crippen LogP contribution is 2.36. The average molecular weight is 435 g/mol. The van der Waals surface area contributed by atoms with Crippen molar-refractivity contribution in [2.75, 3.05) is 39.9 Å². The number of carbonyl (C=O) groups is 1. The van der Waals surface area contributed by atoms with Gasteiger partial charge in [-0.25, -0.2) is 0 Å². The molecule has 2 aromatic rings. The van der Waals surface area contributed by atoms with Crippen LogP contribution in [0, 0.1) is 25.2 Å². The molecule has 4 heteroatoms. The quantitative estimate of drug-likeness (QED) is 0.712. The number of rotatable bonds is 6. The first kappa shape index (κ1) is 23.0. The van der Waals surface area contributed by atoms with Crippen LogP contribution in [0.15, 0.2) is 42.5 Å². The molecule has 2 aliphatic heterocycles. The number of nitrogens with one attached hydrogen (secondary N) is 1. The van der Waals surface area contributed by atoms with Gasteiger partial charge in [-0.1, -0.05) is 53.6 Å². The number of hydrogen-bond donors (Lipinski definition) is 1. The van der Waals surface area contributed by atoms with Gasteiger partial charge in [0.15, 0.2) is 0 Å². The Kier molecular flexibility index (Phi) is 7.32. The van der Waals surface area contributed by atoms with E-state index in [4.69, 9.17) is 4.74 Å². The van der Waals surface area contributed by atoms with Crippen LogP contribution in [-0.2, 0) is 16.0 Å². The third-order valence-electron chi connectivity index (χ3n) is 7.23. The molecule has 32 heavy (non-hydrogen) atoms. The van der Waals surface area contributed by atoms with Gasteiger partial charge < -0.3 is 15.0 Å². The summed E-state index contributed by atoms with van der Waals surface area (Å²) < 4.78 is 5.65. The van der Waals surface area contributed by atoms with Crippen molar-refractivity contribution in [3.05, 3.63) is 59.2 Å². The molecule has 1 atom stereocenters. The van der Waals surface area contributed by atoms with Crippen LogP contribution in [0.25, 0.3) is 11.1 Å². The molecule has 0 radical (unpaired) electrons. The molecule has 0 unspecified atom stereocenters. The van der Waals surface area contributed by atoms with Crippen molar-refractivity contribution in [2.45, 2.75) is 46.0 Å². The maximum atomic E-state index is 13.5. The summed E-state index contributed by atoms with van der Waals surface area (Å²) in [6.07, 6.45) is 4.78. The molecule has 0 spiro atoms. The minimum atomic E-state index is -0.375. The Labute approximate surface area is 193 Å². The van der Waals surface area contributed by atoms with Gasteiger partial charge in [-0.3, -0.25) is 4.79 Å². The van der Waals surface area contributed by atoms with Crippen molar-refractivity contribution >= 4 is 5.91 Å². The maximum absolute atomic E-state index is 13.5. The average Bonchev–Trinajstić information content (AvgIpc) is 2.78. The van der Waals surface area contributed by atoms with E-state index in [1.165, 1.54) is 47.2 Å². The molecule has 0 saturated carbocycles. The summed E-state index contributed by atoms with van der Waals surface area (Å²) in [6.45, 7) is 8.65. The van der Waals surface area contributed by atoms with E-state index in [0.717, 1.165) is 32.4 Å². The summed E-state index contributed by atoms with van der Waals surface area (Å²) in [6, 6.07) is 15.4. The smallest absolute Gasteiger partial charge is 0.226 e. The van der Waals surface area contributed by atoms with Gasteiger partial charge in [0, 0.05) is 26.3 Å². The normalized spacial score (nSPS) is 21.3. The van der Waals surface area contributed by atoms with E-state index in [2.05, 4.69) is 73.6 Å². The first-order chi connectivity index (χ1) is 15.4. The highest BCUT2D eigenvalue weighted by atomic mass is 16.5. The van der Waals surface area contributed by atoms with E-state index in [9.17, 15) is 4.79 Å². The Balaban J connectivity index is 1.50. The highest BCUT2D eigenvalue weighted by molar-refractivity contribution is 5.83. The summed E-state index contributed by atoms with van der Waals surface area (Å²) in [5.41, 5.74) is 5.88. The number of piperidine rings is 1. The molecule has 1 N–H and O–H groups in total. The van der Waals surface area contributed by atoms with Crippen LogP contribution in [0.2, 0.25) is 0 Å². The van der Waals surface area contributed by atoms with E-state index >= 15 is 0 Å². The minimum Gasteiger partial charge on any atom is -0.381 e. The first-order valence-electron chi connectivity index (χ1n) is 12.2. The molecule has 2 heterocycles. The fourth-order valence-corrected chi connectivity index (χ4v) is 5.50. The van der Waals surface area contributed by atoms with Crippen LogP contribution in [0.5, 0.6) is 0 Å². The van der Waals surface area contributed by atoms with Crippen LogP contribution in [-0.4, -0.2) is 50.7 Å². The summed E-state index contributed by atoms with van der Waals surface area (Å²) in [5.74, 6) is 0.772. The van der Waals surface area contributed by atoms with Crippen LogP contribution < -0.4 is 5.32 Å². The number of aryl methyl sites for hydroxylation is 2.